The fourth-order valence-electron chi connectivity index (χ4n) is 2.12. The molecule has 0 saturated carbocycles. The van der Waals surface area contributed by atoms with Gasteiger partial charge in [-0.25, -0.2) is 26.7 Å². The van der Waals surface area contributed by atoms with Crippen LogP contribution in [0.4, 0.5) is 22.0 Å². The van der Waals surface area contributed by atoms with E-state index in [1.165, 1.54) is 0 Å². The van der Waals surface area contributed by atoms with Crippen molar-refractivity contribution in [2.45, 2.75) is 44.9 Å². The molecular weight excluding hydrogens is 331 g/mol. The summed E-state index contributed by atoms with van der Waals surface area (Å²) in [6, 6.07) is 0. The highest BCUT2D eigenvalue weighted by Crippen LogP contribution is 2.23. The third-order valence-corrected chi connectivity index (χ3v) is 3.45. The molecule has 2 nitrogen and oxygen atoms in total. The van der Waals surface area contributed by atoms with Gasteiger partial charge < -0.3 is 4.74 Å². The van der Waals surface area contributed by atoms with Crippen molar-refractivity contribution in [2.75, 3.05) is 6.61 Å². The number of hydrogen-bond acceptors (Lipinski definition) is 2. The number of unbranched alkanes of at least 4 members (excludes halogenated alkanes) is 6. The van der Waals surface area contributed by atoms with Gasteiger partial charge in [-0.2, -0.15) is 0 Å². The van der Waals surface area contributed by atoms with Gasteiger partial charge in [0.15, 0.2) is 23.3 Å². The number of esters is 1. The van der Waals surface area contributed by atoms with Gasteiger partial charge in [-0.05, 0) is 19.3 Å². The lowest BCUT2D eigenvalue weighted by Crippen LogP contribution is -2.15. The van der Waals surface area contributed by atoms with Gasteiger partial charge in [0.05, 0.1) is 6.61 Å². The quantitative estimate of drug-likeness (QED) is 0.140. The smallest absolute Gasteiger partial charge is 0.344 e. The van der Waals surface area contributed by atoms with Crippen LogP contribution in [0.15, 0.2) is 12.7 Å². The van der Waals surface area contributed by atoms with Crippen molar-refractivity contribution in [2.24, 2.45) is 0 Å². The molecule has 1 rings (SSSR count). The number of allylic oxidation sites excluding steroid dienone is 1. The molecule has 0 atom stereocenters. The van der Waals surface area contributed by atoms with Crippen molar-refractivity contribution in [1.29, 1.82) is 0 Å². The van der Waals surface area contributed by atoms with Crippen LogP contribution >= 0.6 is 0 Å². The summed E-state index contributed by atoms with van der Waals surface area (Å²) in [5.41, 5.74) is -1.56. The molecule has 0 saturated heterocycles. The van der Waals surface area contributed by atoms with Crippen molar-refractivity contribution >= 4 is 5.97 Å². The van der Waals surface area contributed by atoms with Gasteiger partial charge in [-0.3, -0.25) is 0 Å². The molecule has 134 valence electrons. The lowest BCUT2D eigenvalue weighted by molar-refractivity contribution is 0.0483. The summed E-state index contributed by atoms with van der Waals surface area (Å²) in [5, 5.41) is 0. The lowest BCUT2D eigenvalue weighted by Gasteiger charge is -2.08. The average Bonchev–Trinajstić information content (AvgIpc) is 2.57. The minimum Gasteiger partial charge on any atom is -0.462 e. The number of carbonyl (C=O) groups excluding carboxylic acids is 1. The third kappa shape index (κ3) is 5.32. The Bertz CT molecular complexity index is 558. The van der Waals surface area contributed by atoms with E-state index in [1.54, 1.807) is 0 Å². The van der Waals surface area contributed by atoms with Crippen LogP contribution in [0.25, 0.3) is 0 Å². The first kappa shape index (κ1) is 20.1. The second kappa shape index (κ2) is 10.1. The number of hydrogen-bond donors (Lipinski definition) is 0. The topological polar surface area (TPSA) is 26.3 Å². The van der Waals surface area contributed by atoms with Gasteiger partial charge in [0, 0.05) is 0 Å². The van der Waals surface area contributed by atoms with Crippen molar-refractivity contribution < 1.29 is 31.5 Å². The fourth-order valence-corrected chi connectivity index (χ4v) is 2.12. The Morgan fingerprint density at radius 1 is 0.792 bits per heavy atom. The molecule has 0 N–H and O–H groups in total. The zero-order chi connectivity index (χ0) is 18.1. The Balaban J connectivity index is 2.43. The van der Waals surface area contributed by atoms with Crippen LogP contribution in [0, 0.1) is 29.1 Å². The Morgan fingerprint density at radius 3 is 1.79 bits per heavy atom. The number of benzene rings is 1. The van der Waals surface area contributed by atoms with Gasteiger partial charge in [0.25, 0.3) is 0 Å². The van der Waals surface area contributed by atoms with Crippen molar-refractivity contribution in [3.63, 3.8) is 0 Å². The van der Waals surface area contributed by atoms with Crippen molar-refractivity contribution in [3.8, 4) is 0 Å². The third-order valence-electron chi connectivity index (χ3n) is 3.45. The fraction of sp³-hybridized carbons (Fsp3) is 0.471. The highest BCUT2D eigenvalue weighted by molar-refractivity contribution is 5.90. The molecule has 0 bridgehead atoms. The summed E-state index contributed by atoms with van der Waals surface area (Å²) >= 11 is 0. The molecule has 0 aromatic heterocycles. The molecule has 0 aliphatic carbocycles. The standard InChI is InChI=1S/C17H19F5O2/c1-2-3-4-5-6-7-8-9-10-24-17(23)11-12(18)14(20)16(22)15(21)13(11)19/h2H,1,3-10H2. The van der Waals surface area contributed by atoms with Crippen molar-refractivity contribution in [3.05, 3.63) is 47.3 Å². The molecule has 1 aromatic carbocycles. The highest BCUT2D eigenvalue weighted by atomic mass is 19.2. The molecule has 0 aliphatic heterocycles. The van der Waals surface area contributed by atoms with Crippen LogP contribution in [0.2, 0.25) is 0 Å². The predicted molar refractivity (Wildman–Crippen MR) is 79.0 cm³/mol. The van der Waals surface area contributed by atoms with Crippen LogP contribution in [0.3, 0.4) is 0 Å². The second-order valence-electron chi connectivity index (χ2n) is 5.28. The first-order chi connectivity index (χ1) is 11.4. The number of ether oxygens (including phenoxy) is 1. The molecule has 24 heavy (non-hydrogen) atoms. The molecule has 0 radical (unpaired) electrons. The minimum absolute atomic E-state index is 0.148. The van der Waals surface area contributed by atoms with Crippen LogP contribution in [-0.2, 0) is 4.74 Å². The Kier molecular flexibility index (Phi) is 8.43. The SMILES string of the molecule is C=CCCCCCCCCOC(=O)c1c(F)c(F)c(F)c(F)c1F. The van der Waals surface area contributed by atoms with E-state index >= 15 is 0 Å². The molecule has 0 fully saturated rings. The first-order valence-electron chi connectivity index (χ1n) is 7.71. The summed E-state index contributed by atoms with van der Waals surface area (Å²) in [6.07, 6.45) is 7.99. The predicted octanol–water partition coefficient (Wildman–Crippen LogP) is 5.46. The van der Waals surface area contributed by atoms with Crippen molar-refractivity contribution in [1.82, 2.24) is 0 Å². The van der Waals surface area contributed by atoms with Crippen LogP contribution in [0.1, 0.15) is 55.3 Å². The van der Waals surface area contributed by atoms with E-state index in [0.29, 0.717) is 6.42 Å². The summed E-state index contributed by atoms with van der Waals surface area (Å²) in [7, 11) is 0. The summed E-state index contributed by atoms with van der Waals surface area (Å²) in [5.74, 6) is -12.6. The van der Waals surface area contributed by atoms with Gasteiger partial charge in [-0.15, -0.1) is 6.58 Å². The van der Waals surface area contributed by atoms with E-state index in [9.17, 15) is 26.7 Å². The Morgan fingerprint density at radius 2 is 1.25 bits per heavy atom. The summed E-state index contributed by atoms with van der Waals surface area (Å²) < 4.78 is 70.3. The second-order valence-corrected chi connectivity index (χ2v) is 5.28. The van der Waals surface area contributed by atoms with E-state index in [1.807, 2.05) is 6.08 Å². The van der Waals surface area contributed by atoms with Gasteiger partial charge in [0.2, 0.25) is 5.82 Å². The highest BCUT2D eigenvalue weighted by Gasteiger charge is 2.30. The Hall–Kier alpha value is -1.92. The molecule has 7 heteroatoms. The normalized spacial score (nSPS) is 10.7. The zero-order valence-electron chi connectivity index (χ0n) is 13.1. The number of carbonyl (C=O) groups is 1. The molecule has 0 aliphatic rings. The zero-order valence-corrected chi connectivity index (χ0v) is 13.1. The van der Waals surface area contributed by atoms with Gasteiger partial charge in [0.1, 0.15) is 5.56 Å². The molecular formula is C17H19F5O2. The van der Waals surface area contributed by atoms with E-state index in [-0.39, 0.29) is 6.61 Å². The minimum atomic E-state index is -2.31. The molecule has 0 spiro atoms. The van der Waals surface area contributed by atoms with E-state index in [2.05, 4.69) is 11.3 Å². The number of halogens is 5. The maximum absolute atomic E-state index is 13.4. The largest absolute Gasteiger partial charge is 0.462 e. The number of rotatable bonds is 10. The van der Waals surface area contributed by atoms with Crippen LogP contribution < -0.4 is 0 Å². The van der Waals surface area contributed by atoms with Crippen LogP contribution in [-0.4, -0.2) is 12.6 Å². The molecule has 0 heterocycles. The van der Waals surface area contributed by atoms with Crippen LogP contribution in [0.5, 0.6) is 0 Å². The maximum Gasteiger partial charge on any atom is 0.344 e. The molecule has 0 unspecified atom stereocenters. The van der Waals surface area contributed by atoms with E-state index < -0.39 is 40.6 Å². The van der Waals surface area contributed by atoms with E-state index in [4.69, 9.17) is 0 Å². The maximum atomic E-state index is 13.4. The lowest BCUT2D eigenvalue weighted by atomic mass is 10.1. The first-order valence-corrected chi connectivity index (χ1v) is 7.71. The molecule has 0 amide bonds. The summed E-state index contributed by atoms with van der Waals surface area (Å²) in [6.45, 7) is 3.47. The van der Waals surface area contributed by atoms with Gasteiger partial charge >= 0.3 is 5.97 Å². The van der Waals surface area contributed by atoms with Gasteiger partial charge in [-0.1, -0.05) is 31.8 Å². The monoisotopic (exact) mass is 350 g/mol. The molecule has 1 aromatic rings. The summed E-state index contributed by atoms with van der Waals surface area (Å²) in [4.78, 5) is 11.5. The average molecular weight is 350 g/mol. The Labute approximate surface area is 137 Å². The van der Waals surface area contributed by atoms with E-state index in [0.717, 1.165) is 38.5 Å².